The van der Waals surface area contributed by atoms with Gasteiger partial charge in [-0.25, -0.2) is 4.79 Å². The molecule has 34 heavy (non-hydrogen) atoms. The lowest BCUT2D eigenvalue weighted by Crippen LogP contribution is -2.50. The van der Waals surface area contributed by atoms with E-state index in [1.54, 1.807) is 0 Å². The number of alkyl carbamates (subject to hydrolysis) is 1. The summed E-state index contributed by atoms with van der Waals surface area (Å²) in [7, 11) is 0. The SMILES string of the molecule is CC(C)C[C@H](NC(=O)OCC1c2ccccc2-c2ccccc21)C(=O)N[C@@H]1CC[C@H](C(=O)O)C1. The highest BCUT2D eigenvalue weighted by Crippen LogP contribution is 2.44. The molecule has 1 fully saturated rings. The van der Waals surface area contributed by atoms with Crippen LogP contribution in [0.3, 0.4) is 0 Å². The first-order valence-corrected chi connectivity index (χ1v) is 12.0. The van der Waals surface area contributed by atoms with Crippen LogP contribution in [0.5, 0.6) is 0 Å². The molecule has 2 aliphatic carbocycles. The number of carboxylic acids is 1. The maximum absolute atomic E-state index is 12.9. The molecule has 0 saturated heterocycles. The molecule has 0 aliphatic heterocycles. The molecule has 0 spiro atoms. The van der Waals surface area contributed by atoms with E-state index in [0.717, 1.165) is 22.3 Å². The van der Waals surface area contributed by atoms with E-state index in [2.05, 4.69) is 34.9 Å². The second-order valence-corrected chi connectivity index (χ2v) is 9.71. The van der Waals surface area contributed by atoms with E-state index in [9.17, 15) is 19.5 Å². The van der Waals surface area contributed by atoms with Gasteiger partial charge < -0.3 is 20.5 Å². The summed E-state index contributed by atoms with van der Waals surface area (Å²) in [5.74, 6) is -1.42. The second-order valence-electron chi connectivity index (χ2n) is 9.71. The molecule has 2 aliphatic rings. The number of amides is 2. The molecule has 0 unspecified atom stereocenters. The zero-order valence-electron chi connectivity index (χ0n) is 19.6. The number of hydrogen-bond donors (Lipinski definition) is 3. The summed E-state index contributed by atoms with van der Waals surface area (Å²) in [6.07, 6.45) is 1.43. The molecular weight excluding hydrogens is 432 g/mol. The topological polar surface area (TPSA) is 105 Å². The van der Waals surface area contributed by atoms with Gasteiger partial charge in [0.15, 0.2) is 0 Å². The number of carbonyl (C=O) groups is 3. The molecule has 3 N–H and O–H groups in total. The number of carbonyl (C=O) groups excluding carboxylic acids is 2. The number of nitrogens with one attached hydrogen (secondary N) is 2. The van der Waals surface area contributed by atoms with Crippen LogP contribution in [-0.2, 0) is 14.3 Å². The highest BCUT2D eigenvalue weighted by atomic mass is 16.5. The maximum Gasteiger partial charge on any atom is 0.407 e. The van der Waals surface area contributed by atoms with Crippen LogP contribution in [0.15, 0.2) is 48.5 Å². The van der Waals surface area contributed by atoms with Gasteiger partial charge >= 0.3 is 12.1 Å². The van der Waals surface area contributed by atoms with Gasteiger partial charge in [0.2, 0.25) is 5.91 Å². The molecule has 2 aromatic carbocycles. The molecule has 1 saturated carbocycles. The summed E-state index contributed by atoms with van der Waals surface area (Å²) in [5, 5.41) is 14.9. The third kappa shape index (κ3) is 5.24. The Kier molecular flexibility index (Phi) is 7.20. The molecule has 7 heteroatoms. The van der Waals surface area contributed by atoms with Gasteiger partial charge in [-0.3, -0.25) is 9.59 Å². The quantitative estimate of drug-likeness (QED) is 0.540. The van der Waals surface area contributed by atoms with E-state index in [1.807, 2.05) is 38.1 Å². The molecule has 4 rings (SSSR count). The smallest absolute Gasteiger partial charge is 0.407 e. The van der Waals surface area contributed by atoms with Crippen LogP contribution >= 0.6 is 0 Å². The summed E-state index contributed by atoms with van der Waals surface area (Å²) in [4.78, 5) is 36.8. The zero-order valence-corrected chi connectivity index (χ0v) is 19.6. The minimum atomic E-state index is -0.827. The van der Waals surface area contributed by atoms with Gasteiger partial charge in [0.25, 0.3) is 0 Å². The monoisotopic (exact) mass is 464 g/mol. The van der Waals surface area contributed by atoms with Crippen molar-refractivity contribution < 1.29 is 24.2 Å². The fourth-order valence-electron chi connectivity index (χ4n) is 5.12. The van der Waals surface area contributed by atoms with E-state index in [4.69, 9.17) is 4.74 Å². The van der Waals surface area contributed by atoms with Crippen molar-refractivity contribution in [2.24, 2.45) is 11.8 Å². The number of aliphatic carboxylic acids is 1. The average Bonchev–Trinajstić information content (AvgIpc) is 3.40. The molecule has 180 valence electrons. The van der Waals surface area contributed by atoms with Gasteiger partial charge in [0.1, 0.15) is 12.6 Å². The van der Waals surface area contributed by atoms with E-state index in [0.29, 0.717) is 25.7 Å². The first-order valence-electron chi connectivity index (χ1n) is 12.0. The lowest BCUT2D eigenvalue weighted by atomic mass is 9.98. The van der Waals surface area contributed by atoms with Crippen LogP contribution in [0.4, 0.5) is 4.79 Å². The molecule has 2 amide bonds. The van der Waals surface area contributed by atoms with Gasteiger partial charge in [0.05, 0.1) is 5.92 Å². The standard InChI is InChI=1S/C27H32N2O5/c1-16(2)13-24(25(30)28-18-12-11-17(14-18)26(31)32)29-27(33)34-15-23-21-9-5-3-7-19(21)20-8-4-6-10-22(20)23/h3-10,16-18,23-24H,11-15H2,1-2H3,(H,28,30)(H,29,33)(H,31,32)/t17-,18+,24-/m0/s1. The molecule has 0 aromatic heterocycles. The van der Waals surface area contributed by atoms with Crippen molar-refractivity contribution in [1.82, 2.24) is 10.6 Å². The summed E-state index contributed by atoms with van der Waals surface area (Å²) in [5.41, 5.74) is 4.56. The highest BCUT2D eigenvalue weighted by Gasteiger charge is 2.33. The Labute approximate surface area is 199 Å². The Morgan fingerprint density at radius 2 is 1.62 bits per heavy atom. The minimum Gasteiger partial charge on any atom is -0.481 e. The molecule has 7 nitrogen and oxygen atoms in total. The van der Waals surface area contributed by atoms with Gasteiger partial charge in [-0.15, -0.1) is 0 Å². The normalized spacial score (nSPS) is 19.9. The lowest BCUT2D eigenvalue weighted by molar-refractivity contribution is -0.141. The highest BCUT2D eigenvalue weighted by molar-refractivity contribution is 5.86. The summed E-state index contributed by atoms with van der Waals surface area (Å²) < 4.78 is 5.61. The Morgan fingerprint density at radius 3 is 2.18 bits per heavy atom. The Balaban J connectivity index is 1.37. The van der Waals surface area contributed by atoms with Crippen LogP contribution in [0.25, 0.3) is 11.1 Å². The molecule has 0 bridgehead atoms. The van der Waals surface area contributed by atoms with Crippen molar-refractivity contribution in [3.05, 3.63) is 59.7 Å². The predicted molar refractivity (Wildman–Crippen MR) is 128 cm³/mol. The van der Waals surface area contributed by atoms with Crippen LogP contribution in [0.2, 0.25) is 0 Å². The first-order chi connectivity index (χ1) is 16.3. The second kappa shape index (κ2) is 10.3. The van der Waals surface area contributed by atoms with Gasteiger partial charge in [0, 0.05) is 12.0 Å². The van der Waals surface area contributed by atoms with Crippen LogP contribution in [0.1, 0.15) is 56.6 Å². The van der Waals surface area contributed by atoms with Crippen LogP contribution in [0, 0.1) is 11.8 Å². The third-order valence-corrected chi connectivity index (χ3v) is 6.79. The van der Waals surface area contributed by atoms with Crippen LogP contribution < -0.4 is 10.6 Å². The molecular formula is C27H32N2O5. The van der Waals surface area contributed by atoms with Crippen molar-refractivity contribution in [3.63, 3.8) is 0 Å². The summed E-state index contributed by atoms with van der Waals surface area (Å²) in [6, 6.07) is 15.3. The van der Waals surface area contributed by atoms with E-state index in [-0.39, 0.29) is 30.4 Å². The molecule has 0 radical (unpaired) electrons. The predicted octanol–water partition coefficient (Wildman–Crippen LogP) is 4.31. The van der Waals surface area contributed by atoms with Crippen molar-refractivity contribution in [1.29, 1.82) is 0 Å². The van der Waals surface area contributed by atoms with E-state index in [1.165, 1.54) is 0 Å². The van der Waals surface area contributed by atoms with E-state index >= 15 is 0 Å². The number of ether oxygens (including phenoxy) is 1. The Morgan fingerprint density at radius 1 is 1.00 bits per heavy atom. The minimum absolute atomic E-state index is 0.0537. The average molecular weight is 465 g/mol. The van der Waals surface area contributed by atoms with Crippen LogP contribution in [-0.4, -0.2) is 41.8 Å². The van der Waals surface area contributed by atoms with Crippen molar-refractivity contribution in [2.45, 2.75) is 57.5 Å². The number of fused-ring (bicyclic) bond motifs is 3. The first kappa shape index (κ1) is 23.8. The third-order valence-electron chi connectivity index (χ3n) is 6.79. The maximum atomic E-state index is 12.9. The van der Waals surface area contributed by atoms with Gasteiger partial charge in [-0.1, -0.05) is 62.4 Å². The number of rotatable bonds is 8. The fraction of sp³-hybridized carbons (Fsp3) is 0.444. The molecule has 3 atom stereocenters. The van der Waals surface area contributed by atoms with Crippen molar-refractivity contribution in [3.8, 4) is 11.1 Å². The Hall–Kier alpha value is -3.35. The largest absolute Gasteiger partial charge is 0.481 e. The number of carboxylic acid groups (broad SMARTS) is 1. The Bertz CT molecular complexity index is 1020. The van der Waals surface area contributed by atoms with E-state index < -0.39 is 24.0 Å². The number of hydrogen-bond acceptors (Lipinski definition) is 4. The van der Waals surface area contributed by atoms with Crippen molar-refractivity contribution in [2.75, 3.05) is 6.61 Å². The fourth-order valence-corrected chi connectivity index (χ4v) is 5.12. The lowest BCUT2D eigenvalue weighted by Gasteiger charge is -2.23. The molecule has 2 aromatic rings. The summed E-state index contributed by atoms with van der Waals surface area (Å²) in [6.45, 7) is 4.14. The zero-order chi connectivity index (χ0) is 24.2. The summed E-state index contributed by atoms with van der Waals surface area (Å²) >= 11 is 0. The van der Waals surface area contributed by atoms with Gasteiger partial charge in [-0.05, 0) is 53.9 Å². The van der Waals surface area contributed by atoms with Crippen molar-refractivity contribution >= 4 is 18.0 Å². The number of benzene rings is 2. The van der Waals surface area contributed by atoms with Gasteiger partial charge in [-0.2, -0.15) is 0 Å². The molecule has 0 heterocycles.